The number of carbonyl (C=O) groups is 2. The van der Waals surface area contributed by atoms with Gasteiger partial charge in [0.05, 0.1) is 29.3 Å². The Morgan fingerprint density at radius 1 is 1.05 bits per heavy atom. The van der Waals surface area contributed by atoms with Gasteiger partial charge in [0.1, 0.15) is 5.82 Å². The molecule has 2 rings (SSSR count). The Balaban J connectivity index is 2.20. The third kappa shape index (κ3) is 3.38. The van der Waals surface area contributed by atoms with E-state index >= 15 is 0 Å². The Labute approximate surface area is 116 Å². The third-order valence-electron chi connectivity index (χ3n) is 2.52. The fourth-order valence-corrected chi connectivity index (χ4v) is 1.64. The number of para-hydroxylation sites is 1. The number of benzene rings is 1. The zero-order valence-electron chi connectivity index (χ0n) is 11.2. The molecule has 6 nitrogen and oxygen atoms in total. The molecule has 102 valence electrons. The molecule has 0 fully saturated rings. The van der Waals surface area contributed by atoms with Gasteiger partial charge < -0.3 is 10.6 Å². The molecule has 1 aromatic carbocycles. The molecule has 2 N–H and O–H groups in total. The molecule has 0 radical (unpaired) electrons. The molecule has 1 heterocycles. The number of aromatic nitrogens is 2. The quantitative estimate of drug-likeness (QED) is 0.893. The van der Waals surface area contributed by atoms with Crippen LogP contribution in [0.15, 0.2) is 36.7 Å². The van der Waals surface area contributed by atoms with Gasteiger partial charge in [0, 0.05) is 6.92 Å². The highest BCUT2D eigenvalue weighted by atomic mass is 16.2. The largest absolute Gasteiger partial charge is 0.326 e. The highest BCUT2D eigenvalue weighted by Gasteiger charge is 2.12. The molecule has 0 saturated heterocycles. The van der Waals surface area contributed by atoms with Gasteiger partial charge in [-0.1, -0.05) is 12.1 Å². The number of amides is 2. The standard InChI is InChI=1S/C14H14N4O2/c1-9-15-7-11(8-16-9)18-14(20)12-5-3-4-6-13(12)17-10(2)19/h3-8H,1-2H3,(H,17,19)(H,18,20). The molecule has 6 heteroatoms. The van der Waals surface area contributed by atoms with Crippen LogP contribution in [0.1, 0.15) is 23.1 Å². The summed E-state index contributed by atoms with van der Waals surface area (Å²) in [5.41, 5.74) is 1.34. The molecule has 2 aromatic rings. The van der Waals surface area contributed by atoms with Crippen molar-refractivity contribution in [1.82, 2.24) is 9.97 Å². The molecule has 0 aliphatic carbocycles. The summed E-state index contributed by atoms with van der Waals surface area (Å²) >= 11 is 0. The summed E-state index contributed by atoms with van der Waals surface area (Å²) in [5, 5.41) is 5.30. The minimum absolute atomic E-state index is 0.232. The minimum Gasteiger partial charge on any atom is -0.326 e. The maximum Gasteiger partial charge on any atom is 0.257 e. The highest BCUT2D eigenvalue weighted by molar-refractivity contribution is 6.09. The van der Waals surface area contributed by atoms with Crippen LogP contribution in [-0.4, -0.2) is 21.8 Å². The lowest BCUT2D eigenvalue weighted by Crippen LogP contribution is -2.16. The van der Waals surface area contributed by atoms with Gasteiger partial charge in [-0.2, -0.15) is 0 Å². The summed E-state index contributed by atoms with van der Waals surface area (Å²) in [4.78, 5) is 31.3. The van der Waals surface area contributed by atoms with E-state index in [0.717, 1.165) is 0 Å². The normalized spacial score (nSPS) is 9.90. The van der Waals surface area contributed by atoms with Gasteiger partial charge in [0.25, 0.3) is 5.91 Å². The first-order valence-corrected chi connectivity index (χ1v) is 6.03. The van der Waals surface area contributed by atoms with Crippen LogP contribution >= 0.6 is 0 Å². The van der Waals surface area contributed by atoms with Crippen LogP contribution in [0.25, 0.3) is 0 Å². The summed E-state index contributed by atoms with van der Waals surface area (Å²) in [6.45, 7) is 3.15. The Kier molecular flexibility index (Phi) is 4.05. The van der Waals surface area contributed by atoms with Crippen LogP contribution in [-0.2, 0) is 4.79 Å². The highest BCUT2D eigenvalue weighted by Crippen LogP contribution is 2.16. The topological polar surface area (TPSA) is 84.0 Å². The van der Waals surface area contributed by atoms with Crippen LogP contribution in [0.2, 0.25) is 0 Å². The number of hydrogen-bond donors (Lipinski definition) is 2. The second-order valence-corrected chi connectivity index (χ2v) is 4.20. The van der Waals surface area contributed by atoms with Crippen molar-refractivity contribution in [3.8, 4) is 0 Å². The van der Waals surface area contributed by atoms with E-state index in [1.165, 1.54) is 19.3 Å². The predicted octanol–water partition coefficient (Wildman–Crippen LogP) is 2.00. The van der Waals surface area contributed by atoms with Gasteiger partial charge in [0.2, 0.25) is 5.91 Å². The van der Waals surface area contributed by atoms with Crippen molar-refractivity contribution in [1.29, 1.82) is 0 Å². The van der Waals surface area contributed by atoms with Gasteiger partial charge in [-0.25, -0.2) is 9.97 Å². The molecule has 0 atom stereocenters. The van der Waals surface area contributed by atoms with Gasteiger partial charge in [0.15, 0.2) is 0 Å². The van der Waals surface area contributed by atoms with E-state index in [-0.39, 0.29) is 11.8 Å². The lowest BCUT2D eigenvalue weighted by Gasteiger charge is -2.10. The summed E-state index contributed by atoms with van der Waals surface area (Å²) in [5.74, 6) is 0.0624. The second-order valence-electron chi connectivity index (χ2n) is 4.20. The van der Waals surface area contributed by atoms with Crippen LogP contribution < -0.4 is 10.6 Å². The van der Waals surface area contributed by atoms with Gasteiger partial charge in [-0.3, -0.25) is 9.59 Å². The second kappa shape index (κ2) is 5.92. The van der Waals surface area contributed by atoms with E-state index in [2.05, 4.69) is 20.6 Å². The molecule has 2 amide bonds. The van der Waals surface area contributed by atoms with E-state index in [4.69, 9.17) is 0 Å². The van der Waals surface area contributed by atoms with Crippen molar-refractivity contribution in [2.45, 2.75) is 13.8 Å². The smallest absolute Gasteiger partial charge is 0.257 e. The SMILES string of the molecule is CC(=O)Nc1ccccc1C(=O)Nc1cnc(C)nc1. The number of rotatable bonds is 3. The molecule has 0 aliphatic heterocycles. The molecule has 0 spiro atoms. The van der Waals surface area contributed by atoms with Gasteiger partial charge in [-0.05, 0) is 19.1 Å². The first-order valence-electron chi connectivity index (χ1n) is 6.03. The fourth-order valence-electron chi connectivity index (χ4n) is 1.64. The zero-order chi connectivity index (χ0) is 14.5. The number of aryl methyl sites for hydroxylation is 1. The number of nitrogens with zero attached hydrogens (tertiary/aromatic N) is 2. The fraction of sp³-hybridized carbons (Fsp3) is 0.143. The molecule has 0 aliphatic rings. The van der Waals surface area contributed by atoms with Crippen molar-refractivity contribution in [2.75, 3.05) is 10.6 Å². The van der Waals surface area contributed by atoms with Crippen LogP contribution in [0.3, 0.4) is 0 Å². The average molecular weight is 270 g/mol. The van der Waals surface area contributed by atoms with Gasteiger partial charge in [-0.15, -0.1) is 0 Å². The first kappa shape index (κ1) is 13.7. The average Bonchev–Trinajstić information content (AvgIpc) is 2.41. The molecule has 0 saturated carbocycles. The Morgan fingerprint density at radius 3 is 2.35 bits per heavy atom. The van der Waals surface area contributed by atoms with Crippen molar-refractivity contribution < 1.29 is 9.59 Å². The van der Waals surface area contributed by atoms with E-state index < -0.39 is 0 Å². The molecule has 1 aromatic heterocycles. The molecular weight excluding hydrogens is 256 g/mol. The number of hydrogen-bond acceptors (Lipinski definition) is 4. The summed E-state index contributed by atoms with van der Waals surface area (Å²) < 4.78 is 0. The lowest BCUT2D eigenvalue weighted by molar-refractivity contribution is -0.114. The van der Waals surface area contributed by atoms with Crippen LogP contribution in [0.5, 0.6) is 0 Å². The van der Waals surface area contributed by atoms with E-state index in [9.17, 15) is 9.59 Å². The number of nitrogens with one attached hydrogen (secondary N) is 2. The minimum atomic E-state index is -0.332. The van der Waals surface area contributed by atoms with Crippen molar-refractivity contribution in [3.05, 3.63) is 48.0 Å². The predicted molar refractivity (Wildman–Crippen MR) is 75.5 cm³/mol. The Morgan fingerprint density at radius 2 is 1.70 bits per heavy atom. The molecule has 0 unspecified atom stereocenters. The zero-order valence-corrected chi connectivity index (χ0v) is 11.2. The number of carbonyl (C=O) groups excluding carboxylic acids is 2. The Bertz CT molecular complexity index is 638. The van der Waals surface area contributed by atoms with Crippen LogP contribution in [0.4, 0.5) is 11.4 Å². The molecule has 20 heavy (non-hydrogen) atoms. The third-order valence-corrected chi connectivity index (χ3v) is 2.52. The summed E-state index contributed by atoms with van der Waals surface area (Å²) in [7, 11) is 0. The van der Waals surface area contributed by atoms with Crippen molar-refractivity contribution in [3.63, 3.8) is 0 Å². The van der Waals surface area contributed by atoms with E-state index in [1.807, 2.05) is 0 Å². The summed E-state index contributed by atoms with van der Waals surface area (Å²) in [6.07, 6.45) is 3.06. The van der Waals surface area contributed by atoms with Crippen molar-refractivity contribution >= 4 is 23.2 Å². The number of anilines is 2. The monoisotopic (exact) mass is 270 g/mol. The van der Waals surface area contributed by atoms with E-state index in [1.54, 1.807) is 31.2 Å². The van der Waals surface area contributed by atoms with Crippen LogP contribution in [0, 0.1) is 6.92 Å². The molecular formula is C14H14N4O2. The molecule has 0 bridgehead atoms. The van der Waals surface area contributed by atoms with E-state index in [0.29, 0.717) is 22.8 Å². The lowest BCUT2D eigenvalue weighted by atomic mass is 10.1. The Hall–Kier alpha value is -2.76. The first-order chi connectivity index (χ1) is 9.56. The maximum atomic E-state index is 12.2. The van der Waals surface area contributed by atoms with Gasteiger partial charge >= 0.3 is 0 Å². The summed E-state index contributed by atoms with van der Waals surface area (Å²) in [6, 6.07) is 6.78. The maximum absolute atomic E-state index is 12.2. The van der Waals surface area contributed by atoms with Crippen molar-refractivity contribution in [2.24, 2.45) is 0 Å².